The van der Waals surface area contributed by atoms with E-state index in [0.29, 0.717) is 11.8 Å². The van der Waals surface area contributed by atoms with Crippen molar-refractivity contribution in [3.63, 3.8) is 0 Å². The third-order valence-electron chi connectivity index (χ3n) is 4.02. The first-order valence-electron chi connectivity index (χ1n) is 8.26. The average molecular weight is 387 g/mol. The van der Waals surface area contributed by atoms with Crippen LogP contribution < -0.4 is 10.1 Å². The molecule has 4 rings (SSSR count). The van der Waals surface area contributed by atoms with E-state index in [4.69, 9.17) is 4.74 Å². The van der Waals surface area contributed by atoms with Crippen molar-refractivity contribution in [2.45, 2.75) is 11.7 Å². The zero-order valence-electron chi connectivity index (χ0n) is 14.1. The van der Waals surface area contributed by atoms with E-state index in [0.717, 1.165) is 40.8 Å². The summed E-state index contributed by atoms with van der Waals surface area (Å²) in [5.74, 6) is -1.11. The minimum atomic E-state index is -0.850. The lowest BCUT2D eigenvalue weighted by Gasteiger charge is -2.08. The molecule has 1 N–H and O–H groups in total. The zero-order valence-corrected chi connectivity index (χ0v) is 14.9. The predicted octanol–water partition coefficient (Wildman–Crippen LogP) is 3.95. The summed E-state index contributed by atoms with van der Waals surface area (Å²) >= 11 is 1.73. The van der Waals surface area contributed by atoms with Crippen LogP contribution in [0.1, 0.15) is 0 Å². The number of rotatable bonds is 5. The maximum atomic E-state index is 13.5. The first kappa shape index (κ1) is 17.5. The molecule has 138 valence electrons. The Labute approximate surface area is 158 Å². The standard InChI is InChI=1S/C19H15F2N3O2S/c20-13-3-6-17(15(21)9-13)26-11-18(25)22-14-4-1-12(2-5-14)16-10-24-7-8-27-19(24)23-16/h1-6,9-10H,7-8,11H2,(H,22,25). The van der Waals surface area contributed by atoms with Crippen molar-refractivity contribution < 1.29 is 18.3 Å². The second kappa shape index (κ2) is 7.40. The number of imidazole rings is 1. The van der Waals surface area contributed by atoms with Gasteiger partial charge in [-0.25, -0.2) is 13.8 Å². The third kappa shape index (κ3) is 3.95. The first-order valence-corrected chi connectivity index (χ1v) is 9.25. The summed E-state index contributed by atoms with van der Waals surface area (Å²) < 4.78 is 33.6. The molecule has 0 bridgehead atoms. The van der Waals surface area contributed by atoms with E-state index < -0.39 is 17.5 Å². The number of benzene rings is 2. The molecule has 2 heterocycles. The molecule has 0 radical (unpaired) electrons. The summed E-state index contributed by atoms with van der Waals surface area (Å²) in [6.45, 7) is 0.588. The number of hydrogen-bond acceptors (Lipinski definition) is 4. The zero-order chi connectivity index (χ0) is 18.8. The number of hydrogen-bond donors (Lipinski definition) is 1. The van der Waals surface area contributed by atoms with Gasteiger partial charge in [0, 0.05) is 35.8 Å². The number of nitrogens with zero attached hydrogens (tertiary/aromatic N) is 2. The van der Waals surface area contributed by atoms with Gasteiger partial charge in [-0.1, -0.05) is 23.9 Å². The molecule has 27 heavy (non-hydrogen) atoms. The highest BCUT2D eigenvalue weighted by molar-refractivity contribution is 7.99. The van der Waals surface area contributed by atoms with Gasteiger partial charge in [-0.15, -0.1) is 0 Å². The lowest BCUT2D eigenvalue weighted by molar-refractivity contribution is -0.118. The third-order valence-corrected chi connectivity index (χ3v) is 4.99. The van der Waals surface area contributed by atoms with Crippen molar-refractivity contribution in [2.75, 3.05) is 17.7 Å². The number of halogens is 2. The summed E-state index contributed by atoms with van der Waals surface area (Å²) in [4.78, 5) is 16.5. The van der Waals surface area contributed by atoms with Crippen LogP contribution in [-0.4, -0.2) is 27.8 Å². The van der Waals surface area contributed by atoms with E-state index >= 15 is 0 Å². The Morgan fingerprint density at radius 3 is 2.78 bits per heavy atom. The molecule has 2 aromatic carbocycles. The number of carbonyl (C=O) groups is 1. The number of anilines is 1. The Morgan fingerprint density at radius 1 is 1.22 bits per heavy atom. The fraction of sp³-hybridized carbons (Fsp3) is 0.158. The Balaban J connectivity index is 1.35. The van der Waals surface area contributed by atoms with Crippen LogP contribution in [0, 0.1) is 11.6 Å². The minimum Gasteiger partial charge on any atom is -0.481 e. The molecule has 1 aliphatic rings. The van der Waals surface area contributed by atoms with E-state index in [-0.39, 0.29) is 12.4 Å². The molecule has 0 atom stereocenters. The van der Waals surface area contributed by atoms with Gasteiger partial charge in [-0.2, -0.15) is 0 Å². The van der Waals surface area contributed by atoms with Crippen molar-refractivity contribution in [3.05, 3.63) is 60.3 Å². The highest BCUT2D eigenvalue weighted by Crippen LogP contribution is 2.29. The predicted molar refractivity (Wildman–Crippen MR) is 98.9 cm³/mol. The van der Waals surface area contributed by atoms with Gasteiger partial charge in [0.15, 0.2) is 23.3 Å². The summed E-state index contributed by atoms with van der Waals surface area (Å²) in [7, 11) is 0. The van der Waals surface area contributed by atoms with Crippen molar-refractivity contribution in [1.29, 1.82) is 0 Å². The summed E-state index contributed by atoms with van der Waals surface area (Å²) in [6.07, 6.45) is 2.02. The van der Waals surface area contributed by atoms with Crippen LogP contribution in [0.2, 0.25) is 0 Å². The molecule has 0 fully saturated rings. The van der Waals surface area contributed by atoms with Crippen LogP contribution in [0.15, 0.2) is 53.8 Å². The average Bonchev–Trinajstić information content (AvgIpc) is 3.23. The number of aromatic nitrogens is 2. The van der Waals surface area contributed by atoms with Crippen LogP contribution in [0.25, 0.3) is 11.3 Å². The van der Waals surface area contributed by atoms with Crippen molar-refractivity contribution in [1.82, 2.24) is 9.55 Å². The Bertz CT molecular complexity index is 968. The number of aryl methyl sites for hydroxylation is 1. The van der Waals surface area contributed by atoms with Crippen molar-refractivity contribution >= 4 is 23.4 Å². The van der Waals surface area contributed by atoms with Gasteiger partial charge >= 0.3 is 0 Å². The number of fused-ring (bicyclic) bond motifs is 1. The Morgan fingerprint density at radius 2 is 2.04 bits per heavy atom. The van der Waals surface area contributed by atoms with Gasteiger partial charge in [-0.05, 0) is 24.3 Å². The molecule has 0 unspecified atom stereocenters. The van der Waals surface area contributed by atoms with E-state index in [1.807, 2.05) is 18.3 Å². The highest BCUT2D eigenvalue weighted by atomic mass is 32.2. The SMILES string of the molecule is O=C(COc1ccc(F)cc1F)Nc1ccc(-c2cn3c(n2)SCC3)cc1. The number of carbonyl (C=O) groups excluding carboxylic acids is 1. The fourth-order valence-electron chi connectivity index (χ4n) is 2.71. The lowest BCUT2D eigenvalue weighted by Crippen LogP contribution is -2.20. The monoisotopic (exact) mass is 387 g/mol. The number of ether oxygens (including phenoxy) is 1. The van der Waals surface area contributed by atoms with E-state index in [2.05, 4.69) is 14.9 Å². The Kier molecular flexibility index (Phi) is 4.81. The van der Waals surface area contributed by atoms with Gasteiger partial charge < -0.3 is 14.6 Å². The number of nitrogens with one attached hydrogen (secondary N) is 1. The molecule has 0 spiro atoms. The van der Waals surface area contributed by atoms with E-state index in [1.165, 1.54) is 0 Å². The minimum absolute atomic E-state index is 0.174. The summed E-state index contributed by atoms with van der Waals surface area (Å²) in [5, 5.41) is 3.69. The molecule has 1 amide bonds. The van der Waals surface area contributed by atoms with E-state index in [1.54, 1.807) is 23.9 Å². The second-order valence-electron chi connectivity index (χ2n) is 5.94. The fourth-order valence-corrected chi connectivity index (χ4v) is 3.65. The summed E-state index contributed by atoms with van der Waals surface area (Å²) in [5.41, 5.74) is 2.44. The van der Waals surface area contributed by atoms with Gasteiger partial charge in [0.1, 0.15) is 5.82 Å². The normalized spacial score (nSPS) is 12.7. The molecule has 8 heteroatoms. The maximum absolute atomic E-state index is 13.5. The van der Waals surface area contributed by atoms with Gasteiger partial charge in [-0.3, -0.25) is 4.79 Å². The van der Waals surface area contributed by atoms with Gasteiger partial charge in [0.25, 0.3) is 5.91 Å². The number of thioether (sulfide) groups is 1. The second-order valence-corrected chi connectivity index (χ2v) is 7.00. The molecule has 0 saturated carbocycles. The maximum Gasteiger partial charge on any atom is 0.262 e. The van der Waals surface area contributed by atoms with Gasteiger partial charge in [0.05, 0.1) is 5.69 Å². The largest absolute Gasteiger partial charge is 0.481 e. The van der Waals surface area contributed by atoms with Crippen LogP contribution in [0.5, 0.6) is 5.75 Å². The van der Waals surface area contributed by atoms with E-state index in [9.17, 15) is 13.6 Å². The van der Waals surface area contributed by atoms with Crippen molar-refractivity contribution in [2.24, 2.45) is 0 Å². The molecule has 3 aromatic rings. The first-order chi connectivity index (χ1) is 13.1. The lowest BCUT2D eigenvalue weighted by atomic mass is 10.1. The molecular weight excluding hydrogens is 372 g/mol. The highest BCUT2D eigenvalue weighted by Gasteiger charge is 2.15. The summed E-state index contributed by atoms with van der Waals surface area (Å²) in [6, 6.07) is 10.2. The molecule has 1 aliphatic heterocycles. The van der Waals surface area contributed by atoms with Crippen LogP contribution in [0.4, 0.5) is 14.5 Å². The molecule has 1 aromatic heterocycles. The molecule has 0 aliphatic carbocycles. The molecule has 5 nitrogen and oxygen atoms in total. The smallest absolute Gasteiger partial charge is 0.262 e. The van der Waals surface area contributed by atoms with Crippen LogP contribution in [-0.2, 0) is 11.3 Å². The van der Waals surface area contributed by atoms with Crippen LogP contribution in [0.3, 0.4) is 0 Å². The quantitative estimate of drug-likeness (QED) is 0.720. The topological polar surface area (TPSA) is 56.1 Å². The number of amides is 1. The molecule has 0 saturated heterocycles. The van der Waals surface area contributed by atoms with Crippen molar-refractivity contribution in [3.8, 4) is 17.0 Å². The Hall–Kier alpha value is -2.87. The molecular formula is C19H15F2N3O2S. The van der Waals surface area contributed by atoms with Gasteiger partial charge in [0.2, 0.25) is 0 Å². The van der Waals surface area contributed by atoms with Crippen LogP contribution >= 0.6 is 11.8 Å².